The number of H-pyrrole nitrogens is 3. The summed E-state index contributed by atoms with van der Waals surface area (Å²) in [5.74, 6) is 0.944. The van der Waals surface area contributed by atoms with Crippen LogP contribution in [0.3, 0.4) is 0 Å². The molecule has 0 aliphatic heterocycles. The smallest absolute Gasteiger partial charge is 0.174 e. The third-order valence-electron chi connectivity index (χ3n) is 9.76. The van der Waals surface area contributed by atoms with Crippen LogP contribution in [0.2, 0.25) is 0 Å². The number of aromatic hydroxyl groups is 2. The van der Waals surface area contributed by atoms with Crippen molar-refractivity contribution in [2.45, 2.75) is 33.4 Å². The lowest BCUT2D eigenvalue weighted by Crippen LogP contribution is -2.08. The number of hydrogen-bond acceptors (Lipinski definition) is 12. The second kappa shape index (κ2) is 22.4. The largest absolute Gasteiger partial charge is 0.508 e. The highest BCUT2D eigenvalue weighted by Gasteiger charge is 2.16. The first-order valence-electron chi connectivity index (χ1n) is 20.9. The molecule has 0 radical (unpaired) electrons. The van der Waals surface area contributed by atoms with Crippen LogP contribution in [0.25, 0.3) is 44.1 Å². The number of fused-ring (bicyclic) bond motifs is 3. The number of pyridine rings is 1. The van der Waals surface area contributed by atoms with Gasteiger partial charge in [-0.05, 0) is 93.6 Å². The van der Waals surface area contributed by atoms with E-state index in [1.165, 1.54) is 6.40 Å². The molecule has 5 N–H and O–H groups in total. The van der Waals surface area contributed by atoms with Gasteiger partial charge in [0.1, 0.15) is 29.4 Å². The van der Waals surface area contributed by atoms with Crippen molar-refractivity contribution >= 4 is 63.0 Å². The second-order valence-corrected chi connectivity index (χ2v) is 14.6. The summed E-state index contributed by atoms with van der Waals surface area (Å²) in [5, 5.41) is 46.4. The number of aromatic nitrogens is 9. The monoisotopic (exact) mass is 881 g/mol. The van der Waals surface area contributed by atoms with Gasteiger partial charge in [0, 0.05) is 58.6 Å². The summed E-state index contributed by atoms with van der Waals surface area (Å²) in [6.07, 6.45) is 12.6. The fourth-order valence-electron chi connectivity index (χ4n) is 6.53. The number of rotatable bonds is 11. The van der Waals surface area contributed by atoms with Crippen molar-refractivity contribution in [3.63, 3.8) is 0 Å². The van der Waals surface area contributed by atoms with E-state index in [0.29, 0.717) is 29.0 Å². The van der Waals surface area contributed by atoms with Gasteiger partial charge in [-0.3, -0.25) is 34.7 Å². The molecule has 5 aromatic heterocycles. The van der Waals surface area contributed by atoms with E-state index in [4.69, 9.17) is 14.6 Å². The minimum Gasteiger partial charge on any atom is -0.508 e. The maximum absolute atomic E-state index is 11.6. The number of carbonyl (C=O) groups excluding carboxylic acids is 1. The van der Waals surface area contributed by atoms with Crippen molar-refractivity contribution in [3.05, 3.63) is 169 Å². The number of phenols is 2. The van der Waals surface area contributed by atoms with Crippen molar-refractivity contribution < 1.29 is 24.5 Å². The Balaban J connectivity index is 0.000000142. The molecular weight excluding hydrogens is 835 g/mol. The summed E-state index contributed by atoms with van der Waals surface area (Å²) in [7, 11) is 0. The van der Waals surface area contributed by atoms with Crippen LogP contribution in [0.4, 0.5) is 11.4 Å². The topological polar surface area (TPSA) is 217 Å². The lowest BCUT2D eigenvalue weighted by Gasteiger charge is -2.14. The molecule has 0 saturated heterocycles. The molecule has 0 fully saturated rings. The summed E-state index contributed by atoms with van der Waals surface area (Å²) in [4.78, 5) is 24.5. The van der Waals surface area contributed by atoms with Crippen LogP contribution in [-0.2, 0) is 11.3 Å². The predicted octanol–water partition coefficient (Wildman–Crippen LogP) is 10.5. The summed E-state index contributed by atoms with van der Waals surface area (Å²) in [5.41, 5.74) is 7.76. The van der Waals surface area contributed by atoms with Gasteiger partial charge in [-0.1, -0.05) is 42.5 Å². The van der Waals surface area contributed by atoms with Gasteiger partial charge in [-0.2, -0.15) is 20.4 Å². The van der Waals surface area contributed by atoms with Gasteiger partial charge in [0.05, 0.1) is 63.9 Å². The van der Waals surface area contributed by atoms with E-state index >= 15 is 0 Å². The number of phenolic OH excluding ortho intramolecular Hbond substituents is 2. The number of hydrogen-bond donors (Lipinski definition) is 5. The summed E-state index contributed by atoms with van der Waals surface area (Å²) in [6, 6.07) is 37.5. The number of nitrogens with zero attached hydrogens (tertiary/aromatic N) is 8. The average molecular weight is 882 g/mol. The number of carbonyl (C=O) groups is 1. The zero-order valence-corrected chi connectivity index (χ0v) is 36.4. The predicted molar refractivity (Wildman–Crippen MR) is 257 cm³/mol. The van der Waals surface area contributed by atoms with E-state index in [1.807, 2.05) is 109 Å². The molecule has 0 aliphatic rings. The molecule has 332 valence electrons. The van der Waals surface area contributed by atoms with Crippen LogP contribution in [0.1, 0.15) is 48.3 Å². The molecule has 10 rings (SSSR count). The van der Waals surface area contributed by atoms with Crippen LogP contribution < -0.4 is 4.74 Å². The molecule has 0 unspecified atom stereocenters. The highest BCUT2D eigenvalue weighted by molar-refractivity contribution is 6.01. The number of para-hydroxylation sites is 2. The molecular formula is C50H47N11O5. The van der Waals surface area contributed by atoms with Crippen LogP contribution in [0.5, 0.6) is 17.2 Å². The molecule has 0 amide bonds. The summed E-state index contributed by atoms with van der Waals surface area (Å²) in [6.45, 7) is 7.02. The lowest BCUT2D eigenvalue weighted by molar-refractivity contribution is 0.112. The van der Waals surface area contributed by atoms with Crippen molar-refractivity contribution in [3.8, 4) is 28.6 Å². The number of ether oxygens (including phenoxy) is 2. The maximum atomic E-state index is 11.6. The number of aromatic amines is 3. The molecule has 10 aromatic rings. The van der Waals surface area contributed by atoms with Crippen LogP contribution in [-0.4, -0.2) is 81.1 Å². The van der Waals surface area contributed by atoms with Gasteiger partial charge in [0.15, 0.2) is 12.7 Å². The fourth-order valence-corrected chi connectivity index (χ4v) is 6.53. The quantitative estimate of drug-likeness (QED) is 0.0470. The Kier molecular flexibility index (Phi) is 15.3. The standard InChI is InChI=1S/C20H19N5O2.C14H11N3O.C9H11NO.C7H6N2O/c1-13(2)25-17(7-9-23-25)20-15(4-3-8-21-20)12-27-18-6-5-14-10-22-24-19(14)16(18)11-26;18-13-7-6-10-8-16-17-14(10)12(13)9-15-11-4-2-1-3-5-11;1-2-11-8-10-9-6-4-3-5-7-9;10-6-2-1-5-4-8-9-7(5)3-6/h3-11,13H,12H2,1-2H3,(H,22,24);1-9,18H,(H,16,17);3-8H,2H2,1H3;1-4,10H,(H,8,9). The van der Waals surface area contributed by atoms with Gasteiger partial charge >= 0.3 is 0 Å². The zero-order chi connectivity index (χ0) is 46.1. The van der Waals surface area contributed by atoms with E-state index in [2.05, 4.69) is 64.5 Å². The Morgan fingerprint density at radius 1 is 0.773 bits per heavy atom. The first-order chi connectivity index (χ1) is 32.3. The lowest BCUT2D eigenvalue weighted by atomic mass is 10.1. The van der Waals surface area contributed by atoms with E-state index in [-0.39, 0.29) is 24.1 Å². The Labute approximate surface area is 379 Å². The van der Waals surface area contributed by atoms with Crippen LogP contribution >= 0.6 is 0 Å². The minimum absolute atomic E-state index is 0.187. The van der Waals surface area contributed by atoms with Gasteiger partial charge in [0.2, 0.25) is 0 Å². The molecule has 0 aliphatic carbocycles. The third kappa shape index (κ3) is 11.6. The van der Waals surface area contributed by atoms with Gasteiger partial charge in [-0.15, -0.1) is 0 Å². The van der Waals surface area contributed by atoms with E-state index in [1.54, 1.807) is 61.5 Å². The number of benzene rings is 5. The van der Waals surface area contributed by atoms with Crippen molar-refractivity contribution in [2.75, 3.05) is 6.61 Å². The molecule has 5 aromatic carbocycles. The number of aliphatic imine (C=N–C) groups is 2. The average Bonchev–Trinajstić information content (AvgIpc) is 4.20. The van der Waals surface area contributed by atoms with Crippen molar-refractivity contribution in [2.24, 2.45) is 9.98 Å². The molecule has 0 spiro atoms. The number of aldehydes is 1. The molecule has 0 atom stereocenters. The normalized spacial score (nSPS) is 11.0. The Hall–Kier alpha value is -8.92. The maximum Gasteiger partial charge on any atom is 0.174 e. The first-order valence-corrected chi connectivity index (χ1v) is 20.9. The highest BCUT2D eigenvalue weighted by Crippen LogP contribution is 2.29. The van der Waals surface area contributed by atoms with Gasteiger partial charge in [0.25, 0.3) is 0 Å². The zero-order valence-electron chi connectivity index (χ0n) is 36.4. The van der Waals surface area contributed by atoms with E-state index in [9.17, 15) is 9.90 Å². The Morgan fingerprint density at radius 2 is 1.50 bits per heavy atom. The van der Waals surface area contributed by atoms with E-state index in [0.717, 1.165) is 61.8 Å². The van der Waals surface area contributed by atoms with Crippen molar-refractivity contribution in [1.82, 2.24) is 45.4 Å². The SMILES string of the molecule is CC(C)n1nccc1-c1ncccc1COc1ccc2c[nH]nc2c1C=O.CCOC=Nc1ccccc1.Oc1ccc2cn[nH]c2c1.Oc1ccc2cn[nH]c2c1C=Nc1ccccc1. The third-order valence-corrected chi connectivity index (χ3v) is 9.76. The molecule has 0 saturated carbocycles. The fraction of sp³-hybridized carbons (Fsp3) is 0.120. The van der Waals surface area contributed by atoms with Gasteiger partial charge in [-0.25, -0.2) is 4.99 Å². The highest BCUT2D eigenvalue weighted by atomic mass is 16.5. The molecule has 5 heterocycles. The Morgan fingerprint density at radius 3 is 2.26 bits per heavy atom. The minimum atomic E-state index is 0.187. The number of nitrogens with one attached hydrogen (secondary N) is 3. The second-order valence-electron chi connectivity index (χ2n) is 14.6. The molecule has 16 heteroatoms. The van der Waals surface area contributed by atoms with Crippen molar-refractivity contribution in [1.29, 1.82) is 0 Å². The summed E-state index contributed by atoms with van der Waals surface area (Å²) < 4.78 is 12.9. The Bertz CT molecular complexity index is 3160. The molecule has 0 bridgehead atoms. The van der Waals surface area contributed by atoms with E-state index < -0.39 is 0 Å². The van der Waals surface area contributed by atoms with Gasteiger partial charge < -0.3 is 19.7 Å². The molecule has 66 heavy (non-hydrogen) atoms. The molecule has 16 nitrogen and oxygen atoms in total. The van der Waals surface area contributed by atoms with Crippen LogP contribution in [0, 0.1) is 0 Å². The first kappa shape index (κ1) is 45.1. The van der Waals surface area contributed by atoms with Crippen LogP contribution in [0.15, 0.2) is 162 Å². The summed E-state index contributed by atoms with van der Waals surface area (Å²) >= 11 is 0.